The van der Waals surface area contributed by atoms with Crippen molar-refractivity contribution in [1.82, 2.24) is 20.3 Å². The molecule has 1 aliphatic heterocycles. The van der Waals surface area contributed by atoms with Gasteiger partial charge in [-0.05, 0) is 47.0 Å². The van der Waals surface area contributed by atoms with Gasteiger partial charge in [0, 0.05) is 30.5 Å². The smallest absolute Gasteiger partial charge is 0.254 e. The molecule has 1 aromatic carbocycles. The standard InChI is InChI=1S/C20H15N5O/c26-20-18-15(11-24-20)12(13-6-9-22-19-14(13)7-10-23-19)4-5-16(18)25-17-3-1-2-8-21-17/h1-10H,11H2,(H,21,25)(H,22,23)(H,24,26). The highest BCUT2D eigenvalue weighted by atomic mass is 16.1. The Bertz CT molecular complexity index is 1130. The minimum absolute atomic E-state index is 0.0698. The molecule has 0 saturated carbocycles. The molecule has 126 valence electrons. The van der Waals surface area contributed by atoms with E-state index in [0.29, 0.717) is 17.9 Å². The molecule has 3 N–H and O–H groups in total. The molecule has 1 aliphatic rings. The zero-order valence-corrected chi connectivity index (χ0v) is 13.8. The first-order valence-electron chi connectivity index (χ1n) is 8.36. The van der Waals surface area contributed by atoms with Gasteiger partial charge in [-0.25, -0.2) is 9.97 Å². The number of hydrogen-bond donors (Lipinski definition) is 3. The van der Waals surface area contributed by atoms with Crippen molar-refractivity contribution in [3.63, 3.8) is 0 Å². The Balaban J connectivity index is 1.68. The van der Waals surface area contributed by atoms with Gasteiger partial charge in [0.25, 0.3) is 5.91 Å². The monoisotopic (exact) mass is 341 g/mol. The summed E-state index contributed by atoms with van der Waals surface area (Å²) in [6, 6.07) is 13.6. The van der Waals surface area contributed by atoms with Crippen LogP contribution in [-0.4, -0.2) is 20.9 Å². The molecule has 0 atom stereocenters. The van der Waals surface area contributed by atoms with E-state index >= 15 is 0 Å². The Hall–Kier alpha value is -3.67. The number of amides is 1. The van der Waals surface area contributed by atoms with Gasteiger partial charge in [-0.1, -0.05) is 12.1 Å². The molecule has 1 amide bonds. The number of nitrogens with zero attached hydrogens (tertiary/aromatic N) is 2. The lowest BCUT2D eigenvalue weighted by Crippen LogP contribution is -2.13. The minimum atomic E-state index is -0.0698. The fourth-order valence-electron chi connectivity index (χ4n) is 3.47. The lowest BCUT2D eigenvalue weighted by Gasteiger charge is -2.13. The van der Waals surface area contributed by atoms with Gasteiger partial charge in [-0.3, -0.25) is 4.79 Å². The zero-order valence-electron chi connectivity index (χ0n) is 13.8. The Morgan fingerprint density at radius 2 is 1.92 bits per heavy atom. The van der Waals surface area contributed by atoms with Crippen LogP contribution in [-0.2, 0) is 6.54 Å². The fourth-order valence-corrected chi connectivity index (χ4v) is 3.47. The van der Waals surface area contributed by atoms with Crippen molar-refractivity contribution in [2.24, 2.45) is 0 Å². The molecular weight excluding hydrogens is 326 g/mol. The molecule has 0 saturated heterocycles. The van der Waals surface area contributed by atoms with Gasteiger partial charge < -0.3 is 15.6 Å². The number of benzene rings is 1. The van der Waals surface area contributed by atoms with Crippen LogP contribution in [0.4, 0.5) is 11.5 Å². The normalized spacial score (nSPS) is 12.8. The van der Waals surface area contributed by atoms with E-state index in [0.717, 1.165) is 33.4 Å². The molecule has 3 aromatic heterocycles. The zero-order chi connectivity index (χ0) is 17.5. The summed E-state index contributed by atoms with van der Waals surface area (Å²) in [6.07, 6.45) is 5.38. The van der Waals surface area contributed by atoms with Gasteiger partial charge in [0.05, 0.1) is 11.3 Å². The first-order valence-corrected chi connectivity index (χ1v) is 8.36. The van der Waals surface area contributed by atoms with E-state index in [1.807, 2.05) is 48.7 Å². The van der Waals surface area contributed by atoms with Crippen LogP contribution in [0.25, 0.3) is 22.2 Å². The Labute approximate surface area is 149 Å². The number of rotatable bonds is 3. The average molecular weight is 341 g/mol. The molecule has 0 aliphatic carbocycles. The van der Waals surface area contributed by atoms with E-state index in [1.165, 1.54) is 0 Å². The van der Waals surface area contributed by atoms with Crippen molar-refractivity contribution in [2.45, 2.75) is 6.54 Å². The van der Waals surface area contributed by atoms with E-state index in [4.69, 9.17) is 0 Å². The van der Waals surface area contributed by atoms with E-state index in [9.17, 15) is 4.79 Å². The van der Waals surface area contributed by atoms with Crippen LogP contribution in [0.2, 0.25) is 0 Å². The van der Waals surface area contributed by atoms with Crippen LogP contribution in [0.15, 0.2) is 61.1 Å². The molecule has 0 fully saturated rings. The van der Waals surface area contributed by atoms with Crippen LogP contribution in [0.3, 0.4) is 0 Å². The molecule has 6 nitrogen and oxygen atoms in total. The summed E-state index contributed by atoms with van der Waals surface area (Å²) in [5.74, 6) is 0.638. The fraction of sp³-hybridized carbons (Fsp3) is 0.0500. The van der Waals surface area contributed by atoms with Gasteiger partial charge in [0.2, 0.25) is 0 Å². The molecule has 6 heteroatoms. The summed E-state index contributed by atoms with van der Waals surface area (Å²) in [5.41, 5.74) is 5.37. The van der Waals surface area contributed by atoms with Crippen molar-refractivity contribution >= 4 is 28.4 Å². The lowest BCUT2D eigenvalue weighted by atomic mass is 9.94. The molecule has 4 aromatic rings. The predicted molar refractivity (Wildman–Crippen MR) is 100 cm³/mol. The van der Waals surface area contributed by atoms with Gasteiger partial charge in [-0.15, -0.1) is 0 Å². The Morgan fingerprint density at radius 3 is 2.81 bits per heavy atom. The molecule has 26 heavy (non-hydrogen) atoms. The summed E-state index contributed by atoms with van der Waals surface area (Å²) >= 11 is 0. The number of fused-ring (bicyclic) bond motifs is 2. The summed E-state index contributed by atoms with van der Waals surface area (Å²) in [5, 5.41) is 7.24. The number of hydrogen-bond acceptors (Lipinski definition) is 4. The van der Waals surface area contributed by atoms with Crippen LogP contribution < -0.4 is 10.6 Å². The number of pyridine rings is 2. The predicted octanol–water partition coefficient (Wildman–Crippen LogP) is 3.61. The first kappa shape index (κ1) is 14.7. The number of aromatic nitrogens is 3. The van der Waals surface area contributed by atoms with E-state index in [-0.39, 0.29) is 5.91 Å². The maximum atomic E-state index is 12.5. The molecular formula is C20H15N5O. The number of carbonyl (C=O) groups is 1. The summed E-state index contributed by atoms with van der Waals surface area (Å²) in [6.45, 7) is 0.509. The summed E-state index contributed by atoms with van der Waals surface area (Å²) < 4.78 is 0. The van der Waals surface area contributed by atoms with Crippen molar-refractivity contribution in [1.29, 1.82) is 0 Å². The van der Waals surface area contributed by atoms with Gasteiger partial charge in [-0.2, -0.15) is 0 Å². The SMILES string of the molecule is O=C1NCc2c(-c3ccnc4[nH]ccc34)ccc(Nc3ccccn3)c21. The largest absolute Gasteiger partial charge is 0.348 e. The van der Waals surface area contributed by atoms with E-state index < -0.39 is 0 Å². The average Bonchev–Trinajstić information content (AvgIpc) is 3.30. The van der Waals surface area contributed by atoms with E-state index in [1.54, 1.807) is 12.4 Å². The third kappa shape index (κ3) is 2.23. The lowest BCUT2D eigenvalue weighted by molar-refractivity contribution is 0.0966. The van der Waals surface area contributed by atoms with Crippen molar-refractivity contribution in [3.8, 4) is 11.1 Å². The molecule has 0 bridgehead atoms. The maximum Gasteiger partial charge on any atom is 0.254 e. The van der Waals surface area contributed by atoms with Gasteiger partial charge in [0.1, 0.15) is 11.5 Å². The van der Waals surface area contributed by atoms with Gasteiger partial charge in [0.15, 0.2) is 0 Å². The van der Waals surface area contributed by atoms with Crippen molar-refractivity contribution in [3.05, 3.63) is 72.2 Å². The highest BCUT2D eigenvalue weighted by Crippen LogP contribution is 2.37. The number of H-pyrrole nitrogens is 1. The second kappa shape index (κ2) is 5.70. The molecule has 5 rings (SSSR count). The van der Waals surface area contributed by atoms with Gasteiger partial charge >= 0.3 is 0 Å². The second-order valence-corrected chi connectivity index (χ2v) is 6.14. The van der Waals surface area contributed by atoms with Crippen molar-refractivity contribution in [2.75, 3.05) is 5.32 Å². The Morgan fingerprint density at radius 1 is 0.962 bits per heavy atom. The molecule has 4 heterocycles. The van der Waals surface area contributed by atoms with E-state index in [2.05, 4.69) is 25.6 Å². The topological polar surface area (TPSA) is 82.7 Å². The number of anilines is 2. The molecule has 0 unspecified atom stereocenters. The van der Waals surface area contributed by atoms with Crippen LogP contribution >= 0.6 is 0 Å². The Kier molecular flexibility index (Phi) is 3.21. The van der Waals surface area contributed by atoms with Crippen molar-refractivity contribution < 1.29 is 4.79 Å². The summed E-state index contributed by atoms with van der Waals surface area (Å²) in [4.78, 5) is 24.3. The van der Waals surface area contributed by atoms with Crippen LogP contribution in [0, 0.1) is 0 Å². The number of nitrogens with one attached hydrogen (secondary N) is 3. The third-order valence-electron chi connectivity index (χ3n) is 4.64. The summed E-state index contributed by atoms with van der Waals surface area (Å²) in [7, 11) is 0. The highest BCUT2D eigenvalue weighted by molar-refractivity contribution is 6.07. The third-order valence-corrected chi connectivity index (χ3v) is 4.64. The second-order valence-electron chi connectivity index (χ2n) is 6.14. The first-order chi connectivity index (χ1) is 12.8. The quantitative estimate of drug-likeness (QED) is 0.531. The van der Waals surface area contributed by atoms with Crippen LogP contribution in [0.5, 0.6) is 0 Å². The highest BCUT2D eigenvalue weighted by Gasteiger charge is 2.26. The van der Waals surface area contributed by atoms with Crippen LogP contribution in [0.1, 0.15) is 15.9 Å². The molecule has 0 radical (unpaired) electrons. The number of carbonyl (C=O) groups excluding carboxylic acids is 1. The minimum Gasteiger partial charge on any atom is -0.348 e. The molecule has 0 spiro atoms. The maximum absolute atomic E-state index is 12.5. The number of aromatic amines is 1.